The van der Waals surface area contributed by atoms with Gasteiger partial charge in [0.05, 0.1) is 22.0 Å². The minimum absolute atomic E-state index is 0.0528. The van der Waals surface area contributed by atoms with E-state index in [1.807, 2.05) is 32.9 Å². The molecule has 0 bridgehead atoms. The van der Waals surface area contributed by atoms with Crippen molar-refractivity contribution >= 4 is 50.7 Å². The summed E-state index contributed by atoms with van der Waals surface area (Å²) < 4.78 is 26.3. The van der Waals surface area contributed by atoms with Gasteiger partial charge < -0.3 is 10.2 Å². The molecule has 0 aromatic heterocycles. The molecule has 0 aliphatic heterocycles. The molecule has 192 valence electrons. The molecule has 10 heteroatoms. The van der Waals surface area contributed by atoms with Crippen LogP contribution >= 0.6 is 23.2 Å². The Hall–Kier alpha value is -2.29. The fourth-order valence-corrected chi connectivity index (χ4v) is 4.56. The van der Waals surface area contributed by atoms with Gasteiger partial charge in [-0.1, -0.05) is 55.2 Å². The molecule has 0 unspecified atom stereocenters. The van der Waals surface area contributed by atoms with E-state index in [0.717, 1.165) is 29.0 Å². The number of aryl methyl sites for hydroxylation is 1. The number of halogens is 2. The highest BCUT2D eigenvalue weighted by atomic mass is 35.5. The predicted octanol–water partition coefficient (Wildman–Crippen LogP) is 4.65. The molecule has 0 spiro atoms. The molecule has 35 heavy (non-hydrogen) atoms. The Morgan fingerprint density at radius 2 is 1.57 bits per heavy atom. The van der Waals surface area contributed by atoms with E-state index in [9.17, 15) is 18.0 Å². The Morgan fingerprint density at radius 1 is 0.971 bits per heavy atom. The molecule has 0 aliphatic carbocycles. The Balaban J connectivity index is 2.40. The van der Waals surface area contributed by atoms with Crippen LogP contribution in [0.4, 0.5) is 5.69 Å². The van der Waals surface area contributed by atoms with Crippen LogP contribution in [0.15, 0.2) is 42.5 Å². The molecule has 2 aromatic rings. The van der Waals surface area contributed by atoms with Gasteiger partial charge >= 0.3 is 0 Å². The van der Waals surface area contributed by atoms with Gasteiger partial charge in [-0.3, -0.25) is 13.9 Å². The number of hydrogen-bond acceptors (Lipinski definition) is 4. The first-order chi connectivity index (χ1) is 16.4. The lowest BCUT2D eigenvalue weighted by molar-refractivity contribution is -0.139. The van der Waals surface area contributed by atoms with Crippen molar-refractivity contribution in [3.8, 4) is 0 Å². The smallest absolute Gasteiger partial charge is 0.244 e. The molecule has 0 aliphatic rings. The molecule has 0 saturated heterocycles. The summed E-state index contributed by atoms with van der Waals surface area (Å²) in [6.07, 6.45) is 2.59. The SMILES string of the molecule is CCc1ccc(N(CC(=O)N(Cc2ccc(Cl)c(Cl)c2)[C@@H](C)C(=O)N[C@H](C)CC)S(C)(=O)=O)cc1. The number of sulfonamides is 1. The minimum atomic E-state index is -3.77. The largest absolute Gasteiger partial charge is 0.352 e. The maximum atomic E-state index is 13.5. The number of amides is 2. The molecule has 0 radical (unpaired) electrons. The number of carbonyl (C=O) groups is 2. The number of anilines is 1. The summed E-state index contributed by atoms with van der Waals surface area (Å²) in [5.41, 5.74) is 2.09. The van der Waals surface area contributed by atoms with E-state index in [2.05, 4.69) is 5.32 Å². The van der Waals surface area contributed by atoms with Crippen molar-refractivity contribution in [3.05, 3.63) is 63.6 Å². The second-order valence-corrected chi connectivity index (χ2v) is 11.3. The van der Waals surface area contributed by atoms with Crippen molar-refractivity contribution < 1.29 is 18.0 Å². The number of hydrogen-bond donors (Lipinski definition) is 1. The fraction of sp³-hybridized carbons (Fsp3) is 0.440. The Kier molecular flexibility index (Phi) is 10.4. The van der Waals surface area contributed by atoms with E-state index in [0.29, 0.717) is 21.3 Å². The van der Waals surface area contributed by atoms with E-state index in [1.54, 1.807) is 37.3 Å². The normalized spacial score (nSPS) is 13.1. The van der Waals surface area contributed by atoms with Crippen LogP contribution in [0.5, 0.6) is 0 Å². The van der Waals surface area contributed by atoms with Crippen molar-refractivity contribution in [1.82, 2.24) is 10.2 Å². The molecule has 1 N–H and O–H groups in total. The molecule has 2 rings (SSSR count). The van der Waals surface area contributed by atoms with E-state index in [1.165, 1.54) is 4.90 Å². The van der Waals surface area contributed by atoms with Gasteiger partial charge in [0.1, 0.15) is 12.6 Å². The number of carbonyl (C=O) groups excluding carboxylic acids is 2. The Bertz CT molecular complexity index is 1140. The molecule has 2 atom stereocenters. The second-order valence-electron chi connectivity index (χ2n) is 8.55. The van der Waals surface area contributed by atoms with Gasteiger partial charge in [-0.05, 0) is 62.1 Å². The molecule has 2 aromatic carbocycles. The van der Waals surface area contributed by atoms with Crippen LogP contribution in [-0.4, -0.2) is 50.0 Å². The standard InChI is InChI=1S/C25H33Cl2N3O4S/c1-6-17(3)28-25(32)18(4)29(15-20-10-13-22(26)23(27)14-20)24(31)16-30(35(5,33)34)21-11-8-19(7-2)9-12-21/h8-14,17-18H,6-7,15-16H2,1-5H3,(H,28,32)/t17-,18+/m1/s1. The number of nitrogens with one attached hydrogen (secondary N) is 1. The molecule has 2 amide bonds. The van der Waals surface area contributed by atoms with E-state index < -0.39 is 28.5 Å². The third-order valence-corrected chi connectivity index (χ3v) is 7.70. The van der Waals surface area contributed by atoms with Crippen LogP contribution in [0.2, 0.25) is 10.0 Å². The van der Waals surface area contributed by atoms with Gasteiger partial charge in [0.2, 0.25) is 21.8 Å². The second kappa shape index (κ2) is 12.6. The average molecular weight is 543 g/mol. The van der Waals surface area contributed by atoms with Crippen molar-refractivity contribution in [2.75, 3.05) is 17.1 Å². The van der Waals surface area contributed by atoms with Crippen LogP contribution < -0.4 is 9.62 Å². The van der Waals surface area contributed by atoms with Gasteiger partial charge in [-0.25, -0.2) is 8.42 Å². The first kappa shape index (κ1) is 28.9. The van der Waals surface area contributed by atoms with E-state index >= 15 is 0 Å². The first-order valence-electron chi connectivity index (χ1n) is 11.5. The van der Waals surface area contributed by atoms with Crippen LogP contribution in [0, 0.1) is 0 Å². The zero-order chi connectivity index (χ0) is 26.3. The quantitative estimate of drug-likeness (QED) is 0.448. The average Bonchev–Trinajstić information content (AvgIpc) is 2.81. The summed E-state index contributed by atoms with van der Waals surface area (Å²) in [5, 5.41) is 3.58. The summed E-state index contributed by atoms with van der Waals surface area (Å²) in [4.78, 5) is 27.8. The van der Waals surface area contributed by atoms with Gasteiger partial charge in [0, 0.05) is 12.6 Å². The molecule has 0 fully saturated rings. The molecular formula is C25H33Cl2N3O4S. The summed E-state index contributed by atoms with van der Waals surface area (Å²) >= 11 is 12.2. The zero-order valence-corrected chi connectivity index (χ0v) is 23.0. The number of benzene rings is 2. The van der Waals surface area contributed by atoms with Crippen molar-refractivity contribution in [3.63, 3.8) is 0 Å². The first-order valence-corrected chi connectivity index (χ1v) is 14.1. The Morgan fingerprint density at radius 3 is 2.09 bits per heavy atom. The lowest BCUT2D eigenvalue weighted by Crippen LogP contribution is -2.52. The maximum absolute atomic E-state index is 13.5. The van der Waals surface area contributed by atoms with Crippen molar-refractivity contribution in [2.24, 2.45) is 0 Å². The number of rotatable bonds is 11. The molecule has 0 saturated carbocycles. The fourth-order valence-electron chi connectivity index (χ4n) is 3.39. The van der Waals surface area contributed by atoms with Crippen LogP contribution in [0.25, 0.3) is 0 Å². The van der Waals surface area contributed by atoms with Crippen LogP contribution in [0.1, 0.15) is 45.2 Å². The monoisotopic (exact) mass is 541 g/mol. The molecule has 0 heterocycles. The number of nitrogens with zero attached hydrogens (tertiary/aromatic N) is 2. The third kappa shape index (κ3) is 8.12. The summed E-state index contributed by atoms with van der Waals surface area (Å²) in [5.74, 6) is -0.848. The van der Waals surface area contributed by atoms with Crippen molar-refractivity contribution in [1.29, 1.82) is 0 Å². The lowest BCUT2D eigenvalue weighted by atomic mass is 10.1. The minimum Gasteiger partial charge on any atom is -0.352 e. The highest BCUT2D eigenvalue weighted by molar-refractivity contribution is 7.92. The van der Waals surface area contributed by atoms with Gasteiger partial charge in [-0.15, -0.1) is 0 Å². The summed E-state index contributed by atoms with van der Waals surface area (Å²) in [6, 6.07) is 11.0. The highest BCUT2D eigenvalue weighted by Gasteiger charge is 2.30. The van der Waals surface area contributed by atoms with Gasteiger partial charge in [0.25, 0.3) is 0 Å². The highest BCUT2D eigenvalue weighted by Crippen LogP contribution is 2.24. The summed E-state index contributed by atoms with van der Waals surface area (Å²) in [6.45, 7) is 7.04. The predicted molar refractivity (Wildman–Crippen MR) is 142 cm³/mol. The topological polar surface area (TPSA) is 86.8 Å². The van der Waals surface area contributed by atoms with E-state index in [-0.39, 0.29) is 18.5 Å². The maximum Gasteiger partial charge on any atom is 0.244 e. The summed E-state index contributed by atoms with van der Waals surface area (Å²) in [7, 11) is -3.77. The van der Waals surface area contributed by atoms with Crippen LogP contribution in [0.3, 0.4) is 0 Å². The van der Waals surface area contributed by atoms with Gasteiger partial charge in [0.15, 0.2) is 0 Å². The lowest BCUT2D eigenvalue weighted by Gasteiger charge is -2.32. The van der Waals surface area contributed by atoms with E-state index in [4.69, 9.17) is 23.2 Å². The van der Waals surface area contributed by atoms with Crippen LogP contribution in [-0.2, 0) is 32.6 Å². The molecule has 7 nitrogen and oxygen atoms in total. The van der Waals surface area contributed by atoms with Gasteiger partial charge in [-0.2, -0.15) is 0 Å². The zero-order valence-electron chi connectivity index (χ0n) is 20.7. The third-order valence-electron chi connectivity index (χ3n) is 5.82. The Labute approximate surface area is 218 Å². The molecular weight excluding hydrogens is 509 g/mol. The van der Waals surface area contributed by atoms with Crippen molar-refractivity contribution in [2.45, 2.75) is 59.2 Å².